The number of aliphatic imine (C=N–C) groups is 1. The summed E-state index contributed by atoms with van der Waals surface area (Å²) in [6.07, 6.45) is 3.29. The van der Waals surface area contributed by atoms with Crippen LogP contribution in [0.15, 0.2) is 60.1 Å². The Labute approximate surface area is 216 Å². The van der Waals surface area contributed by atoms with Gasteiger partial charge in [0.25, 0.3) is 0 Å². The Bertz CT molecular complexity index is 1100. The molecule has 0 atom stereocenters. The van der Waals surface area contributed by atoms with Gasteiger partial charge in [-0.15, -0.1) is 24.0 Å². The highest BCUT2D eigenvalue weighted by atomic mass is 127. The Morgan fingerprint density at radius 3 is 2.56 bits per heavy atom. The zero-order valence-corrected chi connectivity index (χ0v) is 21.6. The van der Waals surface area contributed by atoms with Gasteiger partial charge in [-0.3, -0.25) is 9.89 Å². The second-order valence-corrected chi connectivity index (χ2v) is 8.26. The highest BCUT2D eigenvalue weighted by Crippen LogP contribution is 2.32. The van der Waals surface area contributed by atoms with Crippen molar-refractivity contribution < 1.29 is 9.47 Å². The first-order valence-electron chi connectivity index (χ1n) is 11.2. The number of halogens is 1. The lowest BCUT2D eigenvalue weighted by Crippen LogP contribution is -2.52. The van der Waals surface area contributed by atoms with Gasteiger partial charge in [0.1, 0.15) is 12.7 Å². The van der Waals surface area contributed by atoms with Crippen molar-refractivity contribution in [2.45, 2.75) is 19.6 Å². The van der Waals surface area contributed by atoms with Crippen molar-refractivity contribution in [2.75, 3.05) is 40.0 Å². The Hall–Kier alpha value is -2.86. The van der Waals surface area contributed by atoms with Gasteiger partial charge in [0, 0.05) is 46.3 Å². The fourth-order valence-electron chi connectivity index (χ4n) is 4.27. The highest BCUT2D eigenvalue weighted by Gasteiger charge is 2.21. The molecule has 9 nitrogen and oxygen atoms in total. The van der Waals surface area contributed by atoms with Crippen molar-refractivity contribution >= 4 is 29.9 Å². The molecule has 180 valence electrons. The van der Waals surface area contributed by atoms with Crippen LogP contribution in [0.1, 0.15) is 16.7 Å². The van der Waals surface area contributed by atoms with Crippen LogP contribution in [0, 0.1) is 0 Å². The van der Waals surface area contributed by atoms with Crippen molar-refractivity contribution in [3.05, 3.63) is 71.8 Å². The Balaban J connectivity index is 0.00000274. The van der Waals surface area contributed by atoms with Gasteiger partial charge >= 0.3 is 0 Å². The molecular formula is C24H30IN7O2. The number of fused-ring (bicyclic) bond motifs is 1. The van der Waals surface area contributed by atoms with E-state index in [9.17, 15) is 0 Å². The lowest BCUT2D eigenvalue weighted by molar-refractivity contribution is 0.171. The summed E-state index contributed by atoms with van der Waals surface area (Å²) in [5, 5.41) is 7.71. The van der Waals surface area contributed by atoms with Crippen molar-refractivity contribution in [3.8, 4) is 11.5 Å². The molecule has 2 aromatic carbocycles. The number of nitrogens with one attached hydrogen (secondary N) is 1. The third-order valence-corrected chi connectivity index (χ3v) is 5.98. The van der Waals surface area contributed by atoms with E-state index in [1.807, 2.05) is 17.8 Å². The minimum absolute atomic E-state index is 0. The lowest BCUT2D eigenvalue weighted by atomic mass is 10.1. The number of ether oxygens (including phenoxy) is 2. The van der Waals surface area contributed by atoms with E-state index < -0.39 is 0 Å². The van der Waals surface area contributed by atoms with Gasteiger partial charge in [-0.2, -0.15) is 5.10 Å². The van der Waals surface area contributed by atoms with E-state index in [4.69, 9.17) is 9.47 Å². The second-order valence-electron chi connectivity index (χ2n) is 8.26. The van der Waals surface area contributed by atoms with E-state index in [0.29, 0.717) is 13.3 Å². The number of aromatic nitrogens is 3. The largest absolute Gasteiger partial charge is 0.454 e. The molecule has 1 N–H and O–H groups in total. The van der Waals surface area contributed by atoms with Crippen molar-refractivity contribution in [2.24, 2.45) is 4.99 Å². The number of nitrogens with zero attached hydrogens (tertiary/aromatic N) is 6. The Morgan fingerprint density at radius 1 is 0.971 bits per heavy atom. The van der Waals surface area contributed by atoms with Crippen LogP contribution in [0.25, 0.3) is 0 Å². The molecule has 3 heterocycles. The van der Waals surface area contributed by atoms with Gasteiger partial charge in [0.15, 0.2) is 17.5 Å². The summed E-state index contributed by atoms with van der Waals surface area (Å²) >= 11 is 0. The van der Waals surface area contributed by atoms with E-state index in [-0.39, 0.29) is 24.0 Å². The lowest BCUT2D eigenvalue weighted by Gasteiger charge is -2.36. The maximum absolute atomic E-state index is 5.51. The molecule has 2 aliphatic heterocycles. The van der Waals surface area contributed by atoms with Crippen LogP contribution in [-0.2, 0) is 19.6 Å². The Kier molecular flexibility index (Phi) is 8.22. The molecule has 0 unspecified atom stereocenters. The van der Waals surface area contributed by atoms with Crippen LogP contribution in [0.4, 0.5) is 0 Å². The number of hydrogen-bond acceptors (Lipinski definition) is 6. The number of rotatable bonds is 6. The normalized spacial score (nSPS) is 15.8. The average molecular weight is 575 g/mol. The molecule has 1 saturated heterocycles. The van der Waals surface area contributed by atoms with Crippen molar-refractivity contribution in [1.29, 1.82) is 0 Å². The molecule has 1 aromatic heterocycles. The molecular weight excluding hydrogens is 545 g/mol. The van der Waals surface area contributed by atoms with Gasteiger partial charge in [-0.25, -0.2) is 9.67 Å². The van der Waals surface area contributed by atoms with E-state index in [2.05, 4.69) is 66.6 Å². The molecule has 0 spiro atoms. The fourth-order valence-corrected chi connectivity index (χ4v) is 4.27. The second kappa shape index (κ2) is 11.5. The molecule has 34 heavy (non-hydrogen) atoms. The first-order chi connectivity index (χ1) is 16.3. The topological polar surface area (TPSA) is 80.0 Å². The smallest absolute Gasteiger partial charge is 0.231 e. The number of benzene rings is 2. The molecule has 10 heteroatoms. The average Bonchev–Trinajstić information content (AvgIpc) is 3.52. The van der Waals surface area contributed by atoms with Gasteiger partial charge in [0.2, 0.25) is 6.79 Å². The summed E-state index contributed by atoms with van der Waals surface area (Å²) in [6, 6.07) is 14.7. The first kappa shape index (κ1) is 24.3. The summed E-state index contributed by atoms with van der Waals surface area (Å²) < 4.78 is 12.7. The third kappa shape index (κ3) is 5.98. The molecule has 2 aliphatic rings. The van der Waals surface area contributed by atoms with E-state index in [1.54, 1.807) is 12.7 Å². The van der Waals surface area contributed by atoms with Gasteiger partial charge in [0.05, 0.1) is 6.54 Å². The Morgan fingerprint density at radius 2 is 1.76 bits per heavy atom. The minimum Gasteiger partial charge on any atom is -0.454 e. The first-order valence-corrected chi connectivity index (χ1v) is 11.2. The van der Waals surface area contributed by atoms with Crippen LogP contribution in [0.5, 0.6) is 11.5 Å². The molecule has 0 radical (unpaired) electrons. The summed E-state index contributed by atoms with van der Waals surface area (Å²) in [4.78, 5) is 13.3. The van der Waals surface area contributed by atoms with Gasteiger partial charge in [-0.1, -0.05) is 30.3 Å². The van der Waals surface area contributed by atoms with E-state index in [0.717, 1.165) is 56.7 Å². The fraction of sp³-hybridized carbons (Fsp3) is 0.375. The van der Waals surface area contributed by atoms with Crippen molar-refractivity contribution in [1.82, 2.24) is 29.9 Å². The summed E-state index contributed by atoms with van der Waals surface area (Å²) in [5.74, 6) is 2.63. The SMILES string of the molecule is CN=C(NCc1cccc(Cn2cncn2)c1)N1CCN(Cc2ccc3c(c2)OCO3)CC1.I. The van der Waals surface area contributed by atoms with Crippen LogP contribution < -0.4 is 14.8 Å². The standard InChI is InChI=1S/C24H29N7O2.HI/c1-25-24(27-13-19-3-2-4-20(11-19)15-31-17-26-16-28-31)30-9-7-29(8-10-30)14-21-5-6-22-23(12-21)33-18-32-22;/h2-6,11-12,16-17H,7-10,13-15,18H2,1H3,(H,25,27);1H. The maximum Gasteiger partial charge on any atom is 0.231 e. The van der Waals surface area contributed by atoms with Gasteiger partial charge < -0.3 is 19.7 Å². The molecule has 1 fully saturated rings. The zero-order chi connectivity index (χ0) is 22.5. The maximum atomic E-state index is 5.51. The van der Waals surface area contributed by atoms with Crippen LogP contribution in [0.2, 0.25) is 0 Å². The quantitative estimate of drug-likeness (QED) is 0.275. The van der Waals surface area contributed by atoms with E-state index >= 15 is 0 Å². The van der Waals surface area contributed by atoms with Crippen LogP contribution >= 0.6 is 24.0 Å². The third-order valence-electron chi connectivity index (χ3n) is 5.98. The molecule has 0 saturated carbocycles. The number of hydrogen-bond donors (Lipinski definition) is 1. The molecule has 0 aliphatic carbocycles. The minimum atomic E-state index is 0. The summed E-state index contributed by atoms with van der Waals surface area (Å²) in [5.41, 5.74) is 3.67. The zero-order valence-electron chi connectivity index (χ0n) is 19.3. The highest BCUT2D eigenvalue weighted by molar-refractivity contribution is 14.0. The summed E-state index contributed by atoms with van der Waals surface area (Å²) in [6.45, 7) is 6.53. The van der Waals surface area contributed by atoms with Crippen LogP contribution in [0.3, 0.4) is 0 Å². The van der Waals surface area contributed by atoms with Crippen molar-refractivity contribution in [3.63, 3.8) is 0 Å². The molecule has 3 aromatic rings. The van der Waals surface area contributed by atoms with E-state index in [1.165, 1.54) is 16.7 Å². The monoisotopic (exact) mass is 575 g/mol. The molecule has 0 bridgehead atoms. The number of piperazine rings is 1. The van der Waals surface area contributed by atoms with Crippen LogP contribution in [-0.4, -0.2) is 70.5 Å². The summed E-state index contributed by atoms with van der Waals surface area (Å²) in [7, 11) is 1.85. The predicted octanol–water partition coefficient (Wildman–Crippen LogP) is 2.57. The van der Waals surface area contributed by atoms with Gasteiger partial charge in [-0.05, 0) is 28.8 Å². The molecule has 0 amide bonds. The predicted molar refractivity (Wildman–Crippen MR) is 141 cm³/mol. The molecule has 5 rings (SSSR count). The number of guanidine groups is 1.